The lowest BCUT2D eigenvalue weighted by Gasteiger charge is -2.31. The normalized spacial score (nSPS) is 16.4. The number of ether oxygens (including phenoxy) is 1. The quantitative estimate of drug-likeness (QED) is 0.791. The van der Waals surface area contributed by atoms with Crippen molar-refractivity contribution in [3.63, 3.8) is 0 Å². The van der Waals surface area contributed by atoms with E-state index in [1.54, 1.807) is 19.2 Å². The first kappa shape index (κ1) is 18.8. The van der Waals surface area contributed by atoms with Gasteiger partial charge in [0.25, 0.3) is 0 Å². The second kappa shape index (κ2) is 8.14. The Morgan fingerprint density at radius 3 is 2.62 bits per heavy atom. The highest BCUT2D eigenvalue weighted by Crippen LogP contribution is 2.28. The van der Waals surface area contributed by atoms with E-state index in [0.717, 1.165) is 44.1 Å². The number of hydrogen-bond acceptors (Lipinski definition) is 5. The number of nitrogens with zero attached hydrogens (tertiary/aromatic N) is 5. The van der Waals surface area contributed by atoms with E-state index in [4.69, 9.17) is 4.74 Å². The molecule has 0 saturated carbocycles. The van der Waals surface area contributed by atoms with Gasteiger partial charge in [0.1, 0.15) is 23.2 Å². The molecule has 0 atom stereocenters. The molecule has 0 aliphatic carbocycles. The number of hydrogen-bond donors (Lipinski definition) is 0. The summed E-state index contributed by atoms with van der Waals surface area (Å²) in [6, 6.07) is 4.93. The van der Waals surface area contributed by atoms with E-state index in [-0.39, 0.29) is 5.82 Å². The fraction of sp³-hybridized carbons (Fsp3) is 0.579. The lowest BCUT2D eigenvalue weighted by Crippen LogP contribution is -2.33. The molecule has 6 nitrogen and oxygen atoms in total. The van der Waals surface area contributed by atoms with Crippen LogP contribution in [0.1, 0.15) is 36.0 Å². The molecule has 26 heavy (non-hydrogen) atoms. The molecule has 0 bridgehead atoms. The van der Waals surface area contributed by atoms with Crippen LogP contribution in [-0.4, -0.2) is 58.9 Å². The van der Waals surface area contributed by atoms with Crippen molar-refractivity contribution in [2.45, 2.75) is 31.8 Å². The molecule has 0 amide bonds. The van der Waals surface area contributed by atoms with E-state index in [1.165, 1.54) is 6.07 Å². The molecule has 2 heterocycles. The minimum absolute atomic E-state index is 0.172. The minimum atomic E-state index is -0.172. The molecule has 1 aliphatic rings. The summed E-state index contributed by atoms with van der Waals surface area (Å²) in [5.74, 6) is 2.99. The second-order valence-corrected chi connectivity index (χ2v) is 7.28. The Hall–Kier alpha value is -1.99. The molecular formula is C19H28FN5O. The minimum Gasteiger partial charge on any atom is -0.497 e. The van der Waals surface area contributed by atoms with Gasteiger partial charge in [0.05, 0.1) is 13.7 Å². The highest BCUT2D eigenvalue weighted by molar-refractivity contribution is 5.29. The van der Waals surface area contributed by atoms with Crippen LogP contribution in [0.2, 0.25) is 0 Å². The number of rotatable bonds is 6. The summed E-state index contributed by atoms with van der Waals surface area (Å²) in [5.41, 5.74) is 0.690. The third-order valence-electron chi connectivity index (χ3n) is 5.06. The van der Waals surface area contributed by atoms with Gasteiger partial charge in [-0.3, -0.25) is 4.90 Å². The Kier molecular flexibility index (Phi) is 5.88. The molecule has 0 spiro atoms. The molecule has 1 aromatic carbocycles. The van der Waals surface area contributed by atoms with Crippen molar-refractivity contribution in [1.29, 1.82) is 0 Å². The summed E-state index contributed by atoms with van der Waals surface area (Å²) in [6.07, 6.45) is 2.03. The molecule has 2 aromatic rings. The van der Waals surface area contributed by atoms with Crippen LogP contribution in [0.3, 0.4) is 0 Å². The van der Waals surface area contributed by atoms with Gasteiger partial charge in [0.15, 0.2) is 0 Å². The van der Waals surface area contributed by atoms with Crippen LogP contribution in [0.15, 0.2) is 18.2 Å². The summed E-state index contributed by atoms with van der Waals surface area (Å²) in [4.78, 5) is 4.39. The largest absolute Gasteiger partial charge is 0.497 e. The van der Waals surface area contributed by atoms with Gasteiger partial charge in [-0.05, 0) is 58.2 Å². The zero-order valence-electron chi connectivity index (χ0n) is 16.1. The maximum absolute atomic E-state index is 14.1. The van der Waals surface area contributed by atoms with E-state index in [9.17, 15) is 4.39 Å². The van der Waals surface area contributed by atoms with Crippen LogP contribution in [0.25, 0.3) is 0 Å². The van der Waals surface area contributed by atoms with Gasteiger partial charge in [-0.1, -0.05) is 0 Å². The molecular weight excluding hydrogens is 333 g/mol. The molecule has 142 valence electrons. The zero-order chi connectivity index (χ0) is 18.7. The van der Waals surface area contributed by atoms with Gasteiger partial charge < -0.3 is 14.2 Å². The Balaban J connectivity index is 1.60. The Morgan fingerprint density at radius 1 is 1.23 bits per heavy atom. The van der Waals surface area contributed by atoms with Gasteiger partial charge in [0, 0.05) is 25.1 Å². The van der Waals surface area contributed by atoms with Gasteiger partial charge in [-0.25, -0.2) is 4.39 Å². The van der Waals surface area contributed by atoms with E-state index in [1.807, 2.05) is 21.1 Å². The first-order chi connectivity index (χ1) is 12.5. The fourth-order valence-electron chi connectivity index (χ4n) is 3.54. The average Bonchev–Trinajstić information content (AvgIpc) is 2.97. The fourth-order valence-corrected chi connectivity index (χ4v) is 3.54. The maximum atomic E-state index is 14.1. The lowest BCUT2D eigenvalue weighted by atomic mass is 9.95. The highest BCUT2D eigenvalue weighted by Gasteiger charge is 2.25. The number of methoxy groups -OCH3 is 1. The molecule has 1 saturated heterocycles. The lowest BCUT2D eigenvalue weighted by molar-refractivity contribution is 0.198. The average molecular weight is 361 g/mol. The topological polar surface area (TPSA) is 46.4 Å². The van der Waals surface area contributed by atoms with Crippen molar-refractivity contribution >= 4 is 0 Å². The molecule has 0 radical (unpaired) electrons. The number of aromatic nitrogens is 3. The van der Waals surface area contributed by atoms with Gasteiger partial charge >= 0.3 is 0 Å². The molecule has 0 unspecified atom stereocenters. The summed E-state index contributed by atoms with van der Waals surface area (Å²) < 4.78 is 21.4. The highest BCUT2D eigenvalue weighted by atomic mass is 19.1. The molecule has 1 fully saturated rings. The summed E-state index contributed by atoms with van der Waals surface area (Å²) >= 11 is 0. The monoisotopic (exact) mass is 361 g/mol. The SMILES string of the molecule is COc1ccc(F)c(CN2CCC(c3nnc(CN(C)C)n3C)CC2)c1. The predicted molar refractivity (Wildman–Crippen MR) is 98.6 cm³/mol. The number of likely N-dealkylation sites (tertiary alicyclic amines) is 1. The first-order valence-corrected chi connectivity index (χ1v) is 9.05. The maximum Gasteiger partial charge on any atom is 0.146 e. The molecule has 7 heteroatoms. The number of halogens is 1. The smallest absolute Gasteiger partial charge is 0.146 e. The van der Waals surface area contributed by atoms with Crippen LogP contribution < -0.4 is 4.74 Å². The summed E-state index contributed by atoms with van der Waals surface area (Å²) in [7, 11) is 7.72. The zero-order valence-corrected chi connectivity index (χ0v) is 16.1. The summed E-state index contributed by atoms with van der Waals surface area (Å²) in [6.45, 7) is 3.26. The van der Waals surface area contributed by atoms with Crippen molar-refractivity contribution in [3.05, 3.63) is 41.2 Å². The molecule has 3 rings (SSSR count). The van der Waals surface area contributed by atoms with Crippen molar-refractivity contribution in [1.82, 2.24) is 24.6 Å². The Bertz CT molecular complexity index is 738. The standard InChI is InChI=1S/C19H28FN5O/c1-23(2)13-18-21-22-19(24(18)3)14-7-9-25(10-8-14)12-15-11-16(26-4)5-6-17(15)20/h5-6,11,14H,7-10,12-13H2,1-4H3. The van der Waals surface area contributed by atoms with Crippen LogP contribution in [0.4, 0.5) is 4.39 Å². The van der Waals surface area contributed by atoms with Crippen molar-refractivity contribution in [2.24, 2.45) is 7.05 Å². The first-order valence-electron chi connectivity index (χ1n) is 9.05. The third kappa shape index (κ3) is 4.22. The Labute approximate surface area is 154 Å². The second-order valence-electron chi connectivity index (χ2n) is 7.28. The van der Waals surface area contributed by atoms with Gasteiger partial charge in [0.2, 0.25) is 0 Å². The van der Waals surface area contributed by atoms with E-state index < -0.39 is 0 Å². The Morgan fingerprint density at radius 2 is 1.96 bits per heavy atom. The van der Waals surface area contributed by atoms with Gasteiger partial charge in [-0.2, -0.15) is 0 Å². The van der Waals surface area contributed by atoms with Crippen LogP contribution in [0, 0.1) is 5.82 Å². The molecule has 0 N–H and O–H groups in total. The van der Waals surface area contributed by atoms with Crippen molar-refractivity contribution in [3.8, 4) is 5.75 Å². The van der Waals surface area contributed by atoms with Crippen molar-refractivity contribution in [2.75, 3.05) is 34.3 Å². The van der Waals surface area contributed by atoms with E-state index in [2.05, 4.69) is 24.6 Å². The molecule has 1 aliphatic heterocycles. The van der Waals surface area contributed by atoms with Crippen molar-refractivity contribution < 1.29 is 9.13 Å². The van der Waals surface area contributed by atoms with Gasteiger partial charge in [-0.15, -0.1) is 10.2 Å². The van der Waals surface area contributed by atoms with Crippen LogP contribution in [0.5, 0.6) is 5.75 Å². The number of piperidine rings is 1. The van der Waals surface area contributed by atoms with E-state index in [0.29, 0.717) is 23.8 Å². The molecule has 1 aromatic heterocycles. The predicted octanol–water partition coefficient (Wildman–Crippen LogP) is 2.40. The van der Waals surface area contributed by atoms with Crippen LogP contribution in [-0.2, 0) is 20.1 Å². The van der Waals surface area contributed by atoms with E-state index >= 15 is 0 Å². The summed E-state index contributed by atoms with van der Waals surface area (Å²) in [5, 5.41) is 8.77. The van der Waals surface area contributed by atoms with Crippen LogP contribution >= 0.6 is 0 Å². The third-order valence-corrected chi connectivity index (χ3v) is 5.06. The number of benzene rings is 1.